The number of benzene rings is 2. The Morgan fingerprint density at radius 2 is 1.69 bits per heavy atom. The van der Waals surface area contributed by atoms with Crippen molar-refractivity contribution >= 4 is 28.4 Å². The second kappa shape index (κ2) is 9.57. The van der Waals surface area contributed by atoms with Gasteiger partial charge in [0.2, 0.25) is 5.88 Å². The largest absolute Gasteiger partial charge is 0.493 e. The molecule has 0 aliphatic carbocycles. The Kier molecular flexibility index (Phi) is 6.46. The first-order chi connectivity index (χ1) is 17.2. The zero-order chi connectivity index (χ0) is 25.4. The maximum absolute atomic E-state index is 13.3. The number of piperidine rings is 1. The summed E-state index contributed by atoms with van der Waals surface area (Å²) in [6, 6.07) is 13.4. The van der Waals surface area contributed by atoms with Crippen molar-refractivity contribution in [3.05, 3.63) is 76.5 Å². The number of aromatic hydroxyl groups is 1. The fourth-order valence-electron chi connectivity index (χ4n) is 4.71. The summed E-state index contributed by atoms with van der Waals surface area (Å²) >= 11 is -0.230. The molecule has 0 atom stereocenters. The van der Waals surface area contributed by atoms with Crippen LogP contribution in [0.1, 0.15) is 30.5 Å². The highest BCUT2D eigenvalue weighted by Gasteiger charge is 2.29. The second-order valence-electron chi connectivity index (χ2n) is 8.87. The van der Waals surface area contributed by atoms with Crippen LogP contribution in [0.15, 0.2) is 64.4 Å². The molecule has 1 aliphatic heterocycles. The molecule has 1 saturated heterocycles. The number of anilines is 1. The van der Waals surface area contributed by atoms with Gasteiger partial charge in [0.1, 0.15) is 0 Å². The molecule has 0 unspecified atom stereocenters. The molecule has 10 heteroatoms. The molecular weight excluding hydrogens is 489 g/mol. The molecule has 36 heavy (non-hydrogen) atoms. The molecule has 6 nitrogen and oxygen atoms in total. The molecule has 1 N–H and O–H groups in total. The van der Waals surface area contributed by atoms with E-state index in [-0.39, 0.29) is 34.8 Å². The SMILES string of the molecule is Cc1c(O)n(-c2ccc(SC(F)(F)F)cc2)c(=O)n1Cc1ccnc2cc(N3CCCCC3)ccc12. The van der Waals surface area contributed by atoms with Crippen LogP contribution in [0, 0.1) is 6.92 Å². The molecule has 188 valence electrons. The number of thioether (sulfide) groups is 1. The van der Waals surface area contributed by atoms with Crippen molar-refractivity contribution in [3.8, 4) is 11.6 Å². The number of alkyl halides is 3. The van der Waals surface area contributed by atoms with Gasteiger partial charge in [-0.05, 0) is 86.0 Å². The number of hydrogen-bond donors (Lipinski definition) is 1. The van der Waals surface area contributed by atoms with Crippen molar-refractivity contribution in [1.82, 2.24) is 14.1 Å². The van der Waals surface area contributed by atoms with Gasteiger partial charge in [-0.15, -0.1) is 0 Å². The Labute approximate surface area is 210 Å². The lowest BCUT2D eigenvalue weighted by Crippen LogP contribution is -2.29. The quantitative estimate of drug-likeness (QED) is 0.339. The van der Waals surface area contributed by atoms with E-state index in [0.717, 1.165) is 39.8 Å². The van der Waals surface area contributed by atoms with Crippen molar-refractivity contribution in [3.63, 3.8) is 0 Å². The van der Waals surface area contributed by atoms with Crippen molar-refractivity contribution < 1.29 is 18.3 Å². The lowest BCUT2D eigenvalue weighted by atomic mass is 10.1. The third-order valence-corrected chi connectivity index (χ3v) is 7.30. The number of halogens is 3. The van der Waals surface area contributed by atoms with Crippen molar-refractivity contribution in [2.24, 2.45) is 0 Å². The third-order valence-electron chi connectivity index (χ3n) is 6.56. The summed E-state index contributed by atoms with van der Waals surface area (Å²) in [6.45, 7) is 3.92. The molecule has 1 aliphatic rings. The Bertz CT molecular complexity index is 1460. The minimum absolute atomic E-state index is 0.00196. The van der Waals surface area contributed by atoms with Gasteiger partial charge >= 0.3 is 11.2 Å². The Hall–Kier alpha value is -3.40. The van der Waals surface area contributed by atoms with Crippen LogP contribution in [0.5, 0.6) is 5.88 Å². The molecule has 3 heterocycles. The van der Waals surface area contributed by atoms with E-state index in [9.17, 15) is 23.1 Å². The molecule has 4 aromatic rings. The van der Waals surface area contributed by atoms with Gasteiger partial charge in [0, 0.05) is 35.3 Å². The summed E-state index contributed by atoms with van der Waals surface area (Å²) in [5.41, 5.74) is -1.37. The average Bonchev–Trinajstić information content (AvgIpc) is 3.07. The minimum Gasteiger partial charge on any atom is -0.493 e. The number of imidazole rings is 1. The number of nitrogens with zero attached hydrogens (tertiary/aromatic N) is 4. The van der Waals surface area contributed by atoms with E-state index >= 15 is 0 Å². The molecule has 2 aromatic carbocycles. The van der Waals surface area contributed by atoms with Crippen molar-refractivity contribution in [2.75, 3.05) is 18.0 Å². The normalized spacial score (nSPS) is 14.5. The number of fused-ring (bicyclic) bond motifs is 1. The van der Waals surface area contributed by atoms with E-state index in [0.29, 0.717) is 5.69 Å². The predicted octanol–water partition coefficient (Wildman–Crippen LogP) is 5.85. The topological polar surface area (TPSA) is 63.3 Å². The summed E-state index contributed by atoms with van der Waals surface area (Å²) in [6.07, 6.45) is 5.33. The van der Waals surface area contributed by atoms with E-state index in [2.05, 4.69) is 22.0 Å². The van der Waals surface area contributed by atoms with E-state index in [4.69, 9.17) is 0 Å². The predicted molar refractivity (Wildman–Crippen MR) is 135 cm³/mol. The lowest BCUT2D eigenvalue weighted by Gasteiger charge is -2.29. The summed E-state index contributed by atoms with van der Waals surface area (Å²) in [4.78, 5) is 20.2. The van der Waals surface area contributed by atoms with Gasteiger partial charge in [-0.2, -0.15) is 13.2 Å². The molecule has 0 amide bonds. The first-order valence-electron chi connectivity index (χ1n) is 11.7. The fourth-order valence-corrected chi connectivity index (χ4v) is 5.25. The van der Waals surface area contributed by atoms with Crippen LogP contribution in [0.25, 0.3) is 16.6 Å². The van der Waals surface area contributed by atoms with Crippen LogP contribution < -0.4 is 10.6 Å². The minimum atomic E-state index is -4.40. The van der Waals surface area contributed by atoms with Gasteiger partial charge < -0.3 is 10.0 Å². The Balaban J connectivity index is 1.46. The highest BCUT2D eigenvalue weighted by Crippen LogP contribution is 2.37. The molecule has 0 saturated carbocycles. The van der Waals surface area contributed by atoms with Crippen LogP contribution >= 0.6 is 11.8 Å². The highest BCUT2D eigenvalue weighted by molar-refractivity contribution is 8.00. The summed E-state index contributed by atoms with van der Waals surface area (Å²) < 4.78 is 40.5. The van der Waals surface area contributed by atoms with E-state index in [1.807, 2.05) is 12.1 Å². The van der Waals surface area contributed by atoms with Crippen molar-refractivity contribution in [1.29, 1.82) is 0 Å². The van der Waals surface area contributed by atoms with Gasteiger partial charge in [-0.1, -0.05) is 6.07 Å². The molecule has 2 aromatic heterocycles. The first kappa shape index (κ1) is 24.3. The van der Waals surface area contributed by atoms with Gasteiger partial charge in [0.05, 0.1) is 23.4 Å². The van der Waals surface area contributed by atoms with Gasteiger partial charge in [0.25, 0.3) is 0 Å². The van der Waals surface area contributed by atoms with Crippen molar-refractivity contribution in [2.45, 2.75) is 43.1 Å². The number of hydrogen-bond acceptors (Lipinski definition) is 5. The monoisotopic (exact) mass is 514 g/mol. The molecule has 0 radical (unpaired) electrons. The highest BCUT2D eigenvalue weighted by atomic mass is 32.2. The number of rotatable bonds is 5. The Morgan fingerprint density at radius 1 is 1.00 bits per heavy atom. The van der Waals surface area contributed by atoms with Crippen LogP contribution in [0.3, 0.4) is 0 Å². The van der Waals surface area contributed by atoms with Crippen LogP contribution in [-0.4, -0.2) is 37.8 Å². The average molecular weight is 515 g/mol. The van der Waals surface area contributed by atoms with E-state index in [1.165, 1.54) is 48.1 Å². The third kappa shape index (κ3) is 4.82. The zero-order valence-corrected chi connectivity index (χ0v) is 20.4. The van der Waals surface area contributed by atoms with Gasteiger partial charge in [-0.3, -0.25) is 9.55 Å². The van der Waals surface area contributed by atoms with E-state index < -0.39 is 11.2 Å². The summed E-state index contributed by atoms with van der Waals surface area (Å²) in [7, 11) is 0. The standard InChI is InChI=1S/C26H25F3N4O2S/c1-17-24(34)33(19-5-8-21(9-6-19)36-26(27,28)29)25(35)32(17)16-18-11-12-30-23-15-20(7-10-22(18)23)31-13-3-2-4-14-31/h5-12,15,34H,2-4,13-14,16H2,1H3. The molecular formula is C26H25F3N4O2S. The van der Waals surface area contributed by atoms with E-state index in [1.54, 1.807) is 13.1 Å². The lowest BCUT2D eigenvalue weighted by molar-refractivity contribution is -0.0328. The van der Waals surface area contributed by atoms with Crippen LogP contribution in [0.2, 0.25) is 0 Å². The smallest absolute Gasteiger partial charge is 0.446 e. The molecule has 1 fully saturated rings. The fraction of sp³-hybridized carbons (Fsp3) is 0.308. The zero-order valence-electron chi connectivity index (χ0n) is 19.6. The van der Waals surface area contributed by atoms with Crippen LogP contribution in [-0.2, 0) is 6.54 Å². The number of pyridine rings is 1. The second-order valence-corrected chi connectivity index (χ2v) is 10.0. The maximum atomic E-state index is 13.3. The number of aromatic nitrogens is 3. The van der Waals surface area contributed by atoms with Crippen LogP contribution in [0.4, 0.5) is 18.9 Å². The summed E-state index contributed by atoms with van der Waals surface area (Å²) in [5, 5.41) is 11.6. The maximum Gasteiger partial charge on any atom is 0.446 e. The first-order valence-corrected chi connectivity index (χ1v) is 12.5. The summed E-state index contributed by atoms with van der Waals surface area (Å²) in [5.74, 6) is -0.248. The van der Waals surface area contributed by atoms with Gasteiger partial charge in [0.15, 0.2) is 0 Å². The molecule has 0 spiro atoms. The molecule has 5 rings (SSSR count). The Morgan fingerprint density at radius 3 is 2.39 bits per heavy atom. The van der Waals surface area contributed by atoms with Gasteiger partial charge in [-0.25, -0.2) is 9.36 Å². The molecule has 0 bridgehead atoms.